The zero-order chi connectivity index (χ0) is 65.4. The monoisotopic (exact) mass is 1280 g/mol. The Labute approximate surface area is 544 Å². The van der Waals surface area contributed by atoms with Crippen molar-refractivity contribution in [2.75, 3.05) is 13.2 Å². The van der Waals surface area contributed by atoms with Crippen LogP contribution in [0.4, 0.5) is 0 Å². The number of aliphatic hydroxyl groups is 1. The Kier molecular flexibility index (Phi) is 19.9. The quantitative estimate of drug-likeness (QED) is 0.0505. The molecule has 0 spiro atoms. The molecule has 90 heavy (non-hydrogen) atoms. The van der Waals surface area contributed by atoms with Crippen LogP contribution in [-0.4, -0.2) is 51.6 Å². The van der Waals surface area contributed by atoms with Crippen molar-refractivity contribution in [3.8, 4) is 56.8 Å². The Balaban J connectivity index is 0.869. The zero-order valence-electron chi connectivity index (χ0n) is 58.2. The van der Waals surface area contributed by atoms with Crippen LogP contribution < -0.4 is 27.2 Å². The highest BCUT2D eigenvalue weighted by atomic mass is 28.4. The van der Waals surface area contributed by atoms with Gasteiger partial charge in [-0.05, 0) is 207 Å². The molecule has 0 aliphatic rings. The predicted molar refractivity (Wildman–Crippen MR) is 394 cm³/mol. The fourth-order valence-corrected chi connectivity index (χ4v) is 14.9. The van der Waals surface area contributed by atoms with E-state index in [1.165, 1.54) is 43.4 Å². The number of aliphatic hydroxyl groups excluding tert-OH is 1. The number of ether oxygens (including phenoxy) is 2. The van der Waals surface area contributed by atoms with Gasteiger partial charge >= 0.3 is 0 Å². The van der Waals surface area contributed by atoms with Crippen LogP contribution in [0.25, 0.3) is 65.3 Å². The van der Waals surface area contributed by atoms with E-state index in [9.17, 15) is 5.11 Å². The van der Waals surface area contributed by atoms with E-state index in [1.807, 2.05) is 18.2 Å². The average Bonchev–Trinajstić information content (AvgIpc) is 0.785. The highest BCUT2D eigenvalue weighted by molar-refractivity contribution is 6.76. The lowest BCUT2D eigenvalue weighted by Crippen LogP contribution is -2.44. The van der Waals surface area contributed by atoms with E-state index in [1.54, 1.807) is 0 Å². The van der Waals surface area contributed by atoms with Crippen LogP contribution in [-0.2, 0) is 19.4 Å². The van der Waals surface area contributed by atoms with Gasteiger partial charge in [0.25, 0.3) is 33.3 Å². The van der Waals surface area contributed by atoms with E-state index < -0.39 is 33.3 Å². The maximum absolute atomic E-state index is 10.3. The minimum absolute atomic E-state index is 0.0140. The van der Waals surface area contributed by atoms with Crippen molar-refractivity contribution in [3.05, 3.63) is 168 Å². The fraction of sp³-hybridized carbons (Fsp3) is 0.418. The van der Waals surface area contributed by atoms with Gasteiger partial charge in [-0.1, -0.05) is 192 Å². The van der Waals surface area contributed by atoms with Crippen molar-refractivity contribution < 1.29 is 32.3 Å². The van der Waals surface area contributed by atoms with Crippen molar-refractivity contribution in [1.82, 2.24) is 0 Å². The first-order valence-electron chi connectivity index (χ1n) is 33.0. The molecule has 0 saturated heterocycles. The molecule has 0 heterocycles. The number of rotatable bonds is 23. The first kappa shape index (κ1) is 68.0. The molecule has 9 aromatic rings. The van der Waals surface area contributed by atoms with Crippen LogP contribution >= 0.6 is 0 Å². The average molecular weight is 1280 g/mol. The molecule has 9 rings (SSSR count). The lowest BCUT2D eigenvalue weighted by molar-refractivity contribution is 0.272. The van der Waals surface area contributed by atoms with Gasteiger partial charge in [-0.15, -0.1) is 0 Å². The molecule has 0 fully saturated rings. The van der Waals surface area contributed by atoms with E-state index >= 15 is 0 Å². The van der Waals surface area contributed by atoms with Crippen molar-refractivity contribution in [2.45, 2.75) is 201 Å². The third kappa shape index (κ3) is 15.1. The largest absolute Gasteiger partial charge is 0.543 e. The van der Waals surface area contributed by atoms with Gasteiger partial charge < -0.3 is 32.3 Å². The molecule has 478 valence electrons. The van der Waals surface area contributed by atoms with E-state index in [2.05, 4.69) is 269 Å². The van der Waals surface area contributed by atoms with Crippen LogP contribution in [0.1, 0.15) is 125 Å². The highest BCUT2D eigenvalue weighted by Gasteiger charge is 2.44. The van der Waals surface area contributed by atoms with Gasteiger partial charge in [0, 0.05) is 28.3 Å². The number of aryl methyl sites for hydroxylation is 2. The van der Waals surface area contributed by atoms with Gasteiger partial charge in [0.15, 0.2) is 0 Å². The summed E-state index contributed by atoms with van der Waals surface area (Å²) in [6.07, 6.45) is 5.52. The molecule has 0 bridgehead atoms. The molecule has 0 saturated carbocycles. The lowest BCUT2D eigenvalue weighted by atomic mass is 9.91. The molecule has 0 amide bonds. The smallest absolute Gasteiger partial charge is 0.250 e. The summed E-state index contributed by atoms with van der Waals surface area (Å²) in [5, 5.41) is 19.8. The number of hydrogen-bond donors (Lipinski definition) is 1. The van der Waals surface area contributed by atoms with Gasteiger partial charge in [-0.3, -0.25) is 0 Å². The van der Waals surface area contributed by atoms with Gasteiger partial charge in [0.05, 0.1) is 19.8 Å². The summed E-state index contributed by atoms with van der Waals surface area (Å²) in [6, 6.07) is 54.8. The van der Waals surface area contributed by atoms with Crippen LogP contribution in [0.15, 0.2) is 152 Å². The Hall–Kier alpha value is -6.35. The molecule has 0 aliphatic carbocycles. The molecule has 0 radical (unpaired) electrons. The minimum Gasteiger partial charge on any atom is -0.543 e. The van der Waals surface area contributed by atoms with Gasteiger partial charge in [0.2, 0.25) is 0 Å². The van der Waals surface area contributed by atoms with Gasteiger partial charge in [-0.2, -0.15) is 0 Å². The summed E-state index contributed by atoms with van der Waals surface area (Å²) in [6.45, 7) is 47.3. The summed E-state index contributed by atoms with van der Waals surface area (Å²) in [5.74, 6) is 5.11. The van der Waals surface area contributed by atoms with Crippen LogP contribution in [0, 0.1) is 0 Å². The minimum atomic E-state index is -2.25. The van der Waals surface area contributed by atoms with Crippen molar-refractivity contribution in [2.24, 2.45) is 0 Å². The summed E-state index contributed by atoms with van der Waals surface area (Å²) in [4.78, 5) is 0. The SMILES string of the molecule is CC(C)(C)[Si](C)(C)Oc1ccc2ccccc2c1-c1c(O[Si](C)(C)C(C)(C)C)ccc2cc(CCCCOc3cc(CO)cc(OCCCCc4ccc5c(-c6c(O[Si](C)(C)C(C)(C)C)ccc7ccccc67)c(O[Si](C)(C)C(C)(C)C)ccc5c4)c3)ccc12. The third-order valence-electron chi connectivity index (χ3n) is 20.4. The normalized spacial score (nSPS) is 13.1. The number of unbranched alkanes of at least 4 members (excludes halogenated alkanes) is 2. The Bertz CT molecular complexity index is 3770. The fourth-order valence-electron chi connectivity index (χ4n) is 10.7. The molecule has 0 unspecified atom stereocenters. The van der Waals surface area contributed by atoms with Crippen LogP contribution in [0.2, 0.25) is 72.5 Å². The first-order valence-corrected chi connectivity index (χ1v) is 44.6. The van der Waals surface area contributed by atoms with Crippen LogP contribution in [0.3, 0.4) is 0 Å². The molecule has 7 nitrogen and oxygen atoms in total. The third-order valence-corrected chi connectivity index (χ3v) is 37.8. The maximum Gasteiger partial charge on any atom is 0.250 e. The molecule has 0 aromatic heterocycles. The second-order valence-electron chi connectivity index (χ2n) is 31.3. The zero-order valence-corrected chi connectivity index (χ0v) is 62.2. The van der Waals surface area contributed by atoms with E-state index in [0.717, 1.165) is 100 Å². The Morgan fingerprint density at radius 3 is 0.922 bits per heavy atom. The Morgan fingerprint density at radius 2 is 0.611 bits per heavy atom. The predicted octanol–water partition coefficient (Wildman–Crippen LogP) is 23.5. The molecule has 0 atom stereocenters. The molecule has 0 aliphatic heterocycles. The number of hydrogen-bond acceptors (Lipinski definition) is 7. The molecule has 11 heteroatoms. The topological polar surface area (TPSA) is 75.6 Å². The van der Waals surface area contributed by atoms with E-state index in [4.69, 9.17) is 27.2 Å². The summed E-state index contributed by atoms with van der Waals surface area (Å²) < 4.78 is 41.9. The standard InChI is InChI=1S/C79H104O7Si4/c1-76(2,3)87(13,14)83-68-43-37-58-31-21-23-33-64(58)72(68)74-66-41-35-55(49-60(66)39-45-70(74)85-89(17,18)78(7,8)9)29-25-27-47-81-62-51-57(54-80)52-63(53-62)82-48-28-26-30-56-36-42-67-61(50-56)40-46-71(86-90(19,20)79(10,11)12)75(67)73-65-34-24-22-32-59(65)38-44-69(73)84-88(15,16)77(4,5)6/h21-24,31-46,49-53,80H,25-30,47-48,54H2,1-20H3. The van der Waals surface area contributed by atoms with E-state index in [0.29, 0.717) is 24.7 Å². The number of fused-ring (bicyclic) bond motifs is 4. The van der Waals surface area contributed by atoms with E-state index in [-0.39, 0.29) is 26.8 Å². The summed E-state index contributed by atoms with van der Waals surface area (Å²) in [5.41, 5.74) is 7.77. The van der Waals surface area contributed by atoms with Crippen molar-refractivity contribution in [3.63, 3.8) is 0 Å². The second kappa shape index (κ2) is 26.3. The Morgan fingerprint density at radius 1 is 0.311 bits per heavy atom. The summed E-state index contributed by atoms with van der Waals surface area (Å²) in [7, 11) is -8.98. The number of benzene rings is 9. The van der Waals surface area contributed by atoms with Crippen molar-refractivity contribution >= 4 is 76.4 Å². The maximum atomic E-state index is 10.3. The van der Waals surface area contributed by atoms with Crippen LogP contribution in [0.5, 0.6) is 34.5 Å². The van der Waals surface area contributed by atoms with Gasteiger partial charge in [0.1, 0.15) is 34.5 Å². The molecular formula is C79H104O7Si4. The van der Waals surface area contributed by atoms with Crippen molar-refractivity contribution in [1.29, 1.82) is 0 Å². The lowest BCUT2D eigenvalue weighted by Gasteiger charge is -2.38. The highest BCUT2D eigenvalue weighted by Crippen LogP contribution is 2.52. The molecule has 1 N–H and O–H groups in total. The van der Waals surface area contributed by atoms with Gasteiger partial charge in [-0.25, -0.2) is 0 Å². The second-order valence-corrected chi connectivity index (χ2v) is 50.2. The first-order chi connectivity index (χ1) is 42.1. The summed E-state index contributed by atoms with van der Waals surface area (Å²) >= 11 is 0. The molecular weight excluding hydrogens is 1170 g/mol. The molecule has 9 aromatic carbocycles.